The number of nitrogens with zero attached hydrogens (tertiary/aromatic N) is 18. The summed E-state index contributed by atoms with van der Waals surface area (Å²) in [6.45, 7) is 32.4. The Bertz CT molecular complexity index is 4640. The van der Waals surface area contributed by atoms with Crippen molar-refractivity contribution in [1.29, 1.82) is 0 Å². The van der Waals surface area contributed by atoms with Crippen LogP contribution in [0.1, 0.15) is 145 Å². The molecule has 12 rings (SSSR count). The second kappa shape index (κ2) is 57.8. The van der Waals surface area contributed by atoms with Gasteiger partial charge in [0, 0.05) is 0 Å². The van der Waals surface area contributed by atoms with Gasteiger partial charge in [-0.3, -0.25) is 0 Å². The Balaban J connectivity index is 0.000000301. The van der Waals surface area contributed by atoms with Crippen molar-refractivity contribution in [1.82, 2.24) is 38.5 Å². The Morgan fingerprint density at radius 2 is 0.493 bits per heavy atom. The maximum atomic E-state index is 8.56. The van der Waals surface area contributed by atoms with Crippen LogP contribution in [0.5, 0.6) is 0 Å². The molecule has 0 spiro atoms. The Morgan fingerprint density at radius 3 is 0.729 bits per heavy atom. The van der Waals surface area contributed by atoms with E-state index in [0.717, 1.165) is 28.4 Å². The van der Waals surface area contributed by atoms with Crippen molar-refractivity contribution in [3.05, 3.63) is 229 Å². The molecule has 0 bridgehead atoms. The van der Waals surface area contributed by atoms with Crippen LogP contribution in [0.4, 0.5) is 56.9 Å². The molecule has 26 nitrogen and oxygen atoms in total. The molecule has 0 amide bonds. The van der Waals surface area contributed by atoms with Crippen LogP contribution in [-0.4, -0.2) is 341 Å². The summed E-state index contributed by atoms with van der Waals surface area (Å²) in [7, 11) is 42.6. The fourth-order valence-corrected chi connectivity index (χ4v) is 21.3. The van der Waals surface area contributed by atoms with Crippen LogP contribution in [0.3, 0.4) is 0 Å². The van der Waals surface area contributed by atoms with E-state index >= 15 is 0 Å². The number of hydrogen-bond donors (Lipinski definition) is 8. The van der Waals surface area contributed by atoms with Crippen LogP contribution < -0.4 is 48.3 Å². The van der Waals surface area contributed by atoms with Crippen LogP contribution in [-0.2, 0) is 88.2 Å². The van der Waals surface area contributed by atoms with E-state index in [9.17, 15) is 0 Å². The van der Waals surface area contributed by atoms with E-state index in [1.165, 1.54) is 67.3 Å². The summed E-state index contributed by atoms with van der Waals surface area (Å²) in [6.07, 6.45) is -1.11. The third-order valence-electron chi connectivity index (χ3n) is 23.3. The molecule has 4 aliphatic rings. The predicted molar refractivity (Wildman–Crippen MR) is 590 cm³/mol. The molecule has 4 fully saturated rings. The van der Waals surface area contributed by atoms with Gasteiger partial charge in [-0.15, -0.1) is 0 Å². The number of aliphatic hydroxyl groups excluding tert-OH is 8. The zero-order valence-electron chi connectivity index (χ0n) is 90.3. The molecule has 0 aromatic heterocycles. The molecule has 776 valence electrons. The first kappa shape index (κ1) is 124. The Labute approximate surface area is 891 Å². The van der Waals surface area contributed by atoms with Crippen LogP contribution in [0.25, 0.3) is 0 Å². The van der Waals surface area contributed by atoms with E-state index in [0.29, 0.717) is 25.7 Å². The van der Waals surface area contributed by atoms with E-state index in [1.54, 1.807) is 55.4 Å². The minimum atomic E-state index is -0.375. The van der Waals surface area contributed by atoms with Crippen molar-refractivity contribution in [3.63, 3.8) is 0 Å². The monoisotopic (exact) mass is 2640 g/mol. The molecule has 4 heterocycles. The molecule has 0 radical (unpaired) electrons. The third kappa shape index (κ3) is 36.2. The van der Waals surface area contributed by atoms with Gasteiger partial charge >= 0.3 is 728 Å². The Hall–Kier alpha value is -6.13. The Kier molecular flexibility index (Phi) is 51.4. The van der Waals surface area contributed by atoms with Crippen LogP contribution in [0, 0.1) is 38.1 Å². The van der Waals surface area contributed by atoms with Crippen molar-refractivity contribution in [2.24, 2.45) is 0 Å². The first-order valence-corrected chi connectivity index (χ1v) is 52.5. The molecule has 0 saturated carbocycles. The topological polar surface area (TPSA) is 220 Å². The first-order chi connectivity index (χ1) is 65.2. The molecule has 0 aliphatic carbocycles. The van der Waals surface area contributed by atoms with E-state index in [-0.39, 0.29) is 115 Å². The quantitative estimate of drug-likeness (QED) is 0.0187. The molecular weight excluding hydrogens is 2470 g/mol. The summed E-state index contributed by atoms with van der Waals surface area (Å²) < 4.78 is 4.72. The summed E-state index contributed by atoms with van der Waals surface area (Å²) in [4.78, 5) is 41.7. The second-order valence-corrected chi connectivity index (χ2v) is 45.2. The molecule has 140 heavy (non-hydrogen) atoms. The van der Waals surface area contributed by atoms with Crippen molar-refractivity contribution >= 4 is 128 Å². The number of para-hydroxylation sites is 2. The summed E-state index contributed by atoms with van der Waals surface area (Å²) in [6, 6.07) is 78.7. The molecular formula is C102H162B8N18O8Pt4-4. The molecule has 8 unspecified atom stereocenters. The summed E-state index contributed by atoms with van der Waals surface area (Å²) in [5.74, 6) is 0. The third-order valence-corrected chi connectivity index (χ3v) is 27.6. The summed E-state index contributed by atoms with van der Waals surface area (Å²) in [5.41, 5.74) is 16.9. The molecule has 8 aromatic carbocycles. The first-order valence-electron chi connectivity index (χ1n) is 47.9. The molecule has 4 aliphatic heterocycles. The minimum absolute atomic E-state index is 0.116. The van der Waals surface area contributed by atoms with Gasteiger partial charge in [0.1, 0.15) is 0 Å². The number of hydrogen-bond acceptors (Lipinski definition) is 26. The van der Waals surface area contributed by atoms with E-state index < -0.39 is 0 Å². The second-order valence-electron chi connectivity index (χ2n) is 41.1. The van der Waals surface area contributed by atoms with Gasteiger partial charge in [-0.2, -0.15) is 0 Å². The van der Waals surface area contributed by atoms with Gasteiger partial charge in [0.15, 0.2) is 0 Å². The average Bonchev–Trinajstić information content (AvgIpc) is 1.61. The Morgan fingerprint density at radius 1 is 0.257 bits per heavy atom. The number of rotatable bonds is 26. The molecule has 8 atom stereocenters. The van der Waals surface area contributed by atoms with Gasteiger partial charge in [-0.05, 0) is 81.1 Å². The predicted octanol–water partition coefficient (Wildman–Crippen LogP) is 10.4. The number of aliphatic hydroxyl groups is 8. The van der Waals surface area contributed by atoms with Crippen molar-refractivity contribution < 1.29 is 118 Å². The fourth-order valence-electron chi connectivity index (χ4n) is 16.6. The summed E-state index contributed by atoms with van der Waals surface area (Å²) in [5, 5.41) is 68.5. The standard InChI is InChI=1S/C25H37B2N4.C21H31B2N6.C19H25B2N4.C17H21B2N4.4C5H12O2.4Pt/c1-24(2,3)20-11-15-22(16-12-20)30-19-31(27(29(9)10)26(30)28(7)8)23-17-13-21(14-18-23)25(4,5)6;1-24(2)18-9-13-20(14-10-18)28-17-29(23(27(7)8)22(28)26(5)6)21-15-11-19(12-16-21)25(3)4;1-16-7-11-18(12-8-16)24-15-25(19-13-9-17(2)10-14-19)21(23(5)6)20(24)22(3)4;1-20(2)18-19(21(3)4)23(17-13-9-6-10-14-17)15-22(18)16-11-7-5-8-12-16;4*1-4(6)3-5(2)7;;;;/h11-17H,1-10H3;9-15H,1-8H3;7-13H,1-6H3;5-13H,1-4H3;4*4-7H,3H2,1-2H3;;;;/q4*-1;;;;;;;;. The zero-order chi connectivity index (χ0) is 106. The van der Waals surface area contributed by atoms with Gasteiger partial charge in [0.05, 0.1) is 48.8 Å². The van der Waals surface area contributed by atoms with Crippen LogP contribution in [0.2, 0.25) is 0 Å². The SMILES string of the molecule is CC(O)CC(C)O.CC(O)CC(C)O.CC(O)CC(C)O.CC(O)CC(C)O.CN(C)B1B(N(C)C)N(c2ccc(C(C)(C)C)cc2)[C](=[Pt])N1c1[c-]cc(C(C)(C)C)cc1.CN(C)B1B(N(C)C)N(c2ccc(N(C)C)cc2)[C](=[Pt])N1c1[c-]cc(N(C)C)cc1.CN(C)B1B(N(C)C)N(c2ccccc2)[C](=[Pt])N1c1[c-]cccc1.Cc1c[c-]c(N2B(N(C)C)B(N(C)C)N(c3ccc(C)cc3)[C]2=[Pt])cc1. The van der Waals surface area contributed by atoms with Crippen molar-refractivity contribution in [3.8, 4) is 0 Å². The number of aryl methyl sites for hydroxylation is 2. The van der Waals surface area contributed by atoms with Crippen LogP contribution >= 0.6 is 0 Å². The van der Waals surface area contributed by atoms with E-state index in [2.05, 4.69) is 555 Å². The maximum absolute atomic E-state index is 8.56. The number of anilines is 10. The average molecular weight is 2640 g/mol. The van der Waals surface area contributed by atoms with E-state index in [1.807, 2.05) is 12.1 Å². The van der Waals surface area contributed by atoms with Gasteiger partial charge in [-0.1, -0.05) is 0 Å². The van der Waals surface area contributed by atoms with Crippen molar-refractivity contribution in [2.75, 3.05) is 189 Å². The summed E-state index contributed by atoms with van der Waals surface area (Å²) >= 11 is 9.83. The molecule has 8 N–H and O–H groups in total. The van der Waals surface area contributed by atoms with Gasteiger partial charge < -0.3 is 40.9 Å². The molecule has 8 aromatic rings. The van der Waals surface area contributed by atoms with Crippen molar-refractivity contribution in [2.45, 2.75) is 196 Å². The van der Waals surface area contributed by atoms with E-state index in [4.69, 9.17) is 40.9 Å². The fraction of sp³-hybridized carbons (Fsp3) is 0.490. The van der Waals surface area contributed by atoms with Gasteiger partial charge in [-0.25, -0.2) is 0 Å². The van der Waals surface area contributed by atoms with Crippen LogP contribution in [0.15, 0.2) is 182 Å². The normalized spacial score (nSPS) is 15.9. The van der Waals surface area contributed by atoms with Gasteiger partial charge in [0.2, 0.25) is 0 Å². The zero-order valence-corrected chi connectivity index (χ0v) is 99.4. The van der Waals surface area contributed by atoms with Gasteiger partial charge in [0.25, 0.3) is 0 Å². The number of benzene rings is 8. The molecule has 38 heteroatoms. The molecule has 4 saturated heterocycles.